The number of hydrogen-bond donors (Lipinski definition) is 4. The first-order valence-electron chi connectivity index (χ1n) is 28.1. The molecule has 0 fully saturated rings. The quantitative estimate of drug-likeness (QED) is 0.0362. The van der Waals surface area contributed by atoms with Gasteiger partial charge in [-0.25, -0.2) is 0 Å². The second kappa shape index (κ2) is 52.5. The average molecular weight is 875 g/mol. The molecule has 0 aliphatic carbocycles. The molecule has 1 amide bonds. The first kappa shape index (κ1) is 60.8. The minimum absolute atomic E-state index is 0.152. The lowest BCUT2D eigenvalue weighted by Gasteiger charge is -2.26. The molecule has 0 aliphatic heterocycles. The molecule has 368 valence electrons. The van der Waals surface area contributed by atoms with E-state index in [-0.39, 0.29) is 12.5 Å². The fourth-order valence-electron chi connectivity index (χ4n) is 8.95. The van der Waals surface area contributed by atoms with Crippen LogP contribution in [-0.2, 0) is 4.79 Å². The number of nitrogens with one attached hydrogen (secondary N) is 1. The summed E-state index contributed by atoms with van der Waals surface area (Å²) in [5.74, 6) is -0.152. The van der Waals surface area contributed by atoms with E-state index >= 15 is 0 Å². The van der Waals surface area contributed by atoms with Crippen LogP contribution in [0, 0.1) is 0 Å². The van der Waals surface area contributed by atoms with Gasteiger partial charge in [0, 0.05) is 6.42 Å². The van der Waals surface area contributed by atoms with Crippen molar-refractivity contribution >= 4 is 5.91 Å². The number of carbonyl (C=O) groups is 1. The third-order valence-corrected chi connectivity index (χ3v) is 13.3. The van der Waals surface area contributed by atoms with Crippen LogP contribution in [0.15, 0.2) is 24.3 Å². The third kappa shape index (κ3) is 46.8. The Morgan fingerprint density at radius 3 is 0.984 bits per heavy atom. The lowest BCUT2D eigenvalue weighted by Crippen LogP contribution is -2.50. The van der Waals surface area contributed by atoms with E-state index in [0.717, 1.165) is 44.9 Å². The number of aliphatic hydroxyl groups is 3. The molecule has 0 aromatic carbocycles. The SMILES string of the molecule is CCCCCCCCCCC/C=C/CC/C=C/CCCC(O)C(O)C(CO)NC(=O)CCCCCCCCCCCCCCCCCCCCCCCCCCCCCCCC. The number of amides is 1. The Labute approximate surface area is 388 Å². The zero-order valence-corrected chi connectivity index (χ0v) is 42.0. The van der Waals surface area contributed by atoms with E-state index in [1.165, 1.54) is 238 Å². The maximum Gasteiger partial charge on any atom is 0.220 e. The lowest BCUT2D eigenvalue weighted by atomic mass is 10.0. The Morgan fingerprint density at radius 2 is 0.661 bits per heavy atom. The standard InChI is InChI=1S/C57H111NO4/c1-3-5-7-9-11-13-15-17-19-21-23-24-25-26-27-28-29-30-31-32-33-34-36-38-40-42-44-46-48-50-52-56(61)58-54(53-59)57(62)55(60)51-49-47-45-43-41-39-37-35-22-20-18-16-14-12-10-8-6-4-2/h35,37,43,45,54-55,57,59-60,62H,3-34,36,38-42,44,46-53H2,1-2H3,(H,58,61)/b37-35+,45-43+. The van der Waals surface area contributed by atoms with Crippen LogP contribution < -0.4 is 5.32 Å². The third-order valence-electron chi connectivity index (χ3n) is 13.3. The van der Waals surface area contributed by atoms with Gasteiger partial charge in [-0.3, -0.25) is 4.79 Å². The van der Waals surface area contributed by atoms with Crippen molar-refractivity contribution in [2.75, 3.05) is 6.61 Å². The Kier molecular flexibility index (Phi) is 51.5. The Bertz CT molecular complexity index is 920. The molecule has 3 unspecified atom stereocenters. The van der Waals surface area contributed by atoms with Gasteiger partial charge in [-0.05, 0) is 51.4 Å². The molecule has 0 aromatic rings. The zero-order valence-electron chi connectivity index (χ0n) is 42.0. The second-order valence-electron chi connectivity index (χ2n) is 19.5. The Balaban J connectivity index is 3.52. The highest BCUT2D eigenvalue weighted by molar-refractivity contribution is 5.76. The Morgan fingerprint density at radius 1 is 0.387 bits per heavy atom. The van der Waals surface area contributed by atoms with E-state index in [2.05, 4.69) is 43.5 Å². The number of rotatable bonds is 52. The Hall–Kier alpha value is -1.17. The molecular formula is C57H111NO4. The van der Waals surface area contributed by atoms with Crippen LogP contribution in [0.25, 0.3) is 0 Å². The van der Waals surface area contributed by atoms with Crippen molar-refractivity contribution in [1.82, 2.24) is 5.32 Å². The lowest BCUT2D eigenvalue weighted by molar-refractivity contribution is -0.124. The van der Waals surface area contributed by atoms with Gasteiger partial charge in [0.1, 0.15) is 6.10 Å². The molecule has 62 heavy (non-hydrogen) atoms. The van der Waals surface area contributed by atoms with Crippen LogP contribution in [-0.4, -0.2) is 46.1 Å². The van der Waals surface area contributed by atoms with Gasteiger partial charge in [0.25, 0.3) is 0 Å². The van der Waals surface area contributed by atoms with Gasteiger partial charge < -0.3 is 20.6 Å². The van der Waals surface area contributed by atoms with Crippen molar-refractivity contribution in [3.05, 3.63) is 24.3 Å². The molecule has 0 heterocycles. The van der Waals surface area contributed by atoms with E-state index < -0.39 is 18.2 Å². The van der Waals surface area contributed by atoms with Crippen molar-refractivity contribution in [3.63, 3.8) is 0 Å². The van der Waals surface area contributed by atoms with E-state index in [1.807, 2.05) is 0 Å². The molecule has 0 bridgehead atoms. The smallest absolute Gasteiger partial charge is 0.220 e. The topological polar surface area (TPSA) is 89.8 Å². The largest absolute Gasteiger partial charge is 0.394 e. The van der Waals surface area contributed by atoms with Gasteiger partial charge in [-0.1, -0.05) is 276 Å². The first-order valence-corrected chi connectivity index (χ1v) is 28.1. The summed E-state index contributed by atoms with van der Waals surface area (Å²) < 4.78 is 0. The van der Waals surface area contributed by atoms with Gasteiger partial charge >= 0.3 is 0 Å². The molecule has 0 aliphatic rings. The van der Waals surface area contributed by atoms with Crippen LogP contribution in [0.2, 0.25) is 0 Å². The maximum absolute atomic E-state index is 12.5. The van der Waals surface area contributed by atoms with E-state index in [9.17, 15) is 20.1 Å². The highest BCUT2D eigenvalue weighted by atomic mass is 16.3. The summed E-state index contributed by atoms with van der Waals surface area (Å²) in [6, 6.07) is -0.830. The summed E-state index contributed by atoms with van der Waals surface area (Å²) >= 11 is 0. The summed E-state index contributed by atoms with van der Waals surface area (Å²) in [5, 5.41) is 33.7. The molecule has 5 heteroatoms. The van der Waals surface area contributed by atoms with Crippen molar-refractivity contribution in [1.29, 1.82) is 0 Å². The average Bonchev–Trinajstić information content (AvgIpc) is 3.28. The van der Waals surface area contributed by atoms with Crippen LogP contribution in [0.3, 0.4) is 0 Å². The molecule has 3 atom stereocenters. The monoisotopic (exact) mass is 874 g/mol. The molecule has 4 N–H and O–H groups in total. The molecule has 5 nitrogen and oxygen atoms in total. The van der Waals surface area contributed by atoms with Gasteiger partial charge in [0.05, 0.1) is 18.8 Å². The molecule has 0 saturated heterocycles. The predicted molar refractivity (Wildman–Crippen MR) is 273 cm³/mol. The number of allylic oxidation sites excluding steroid dienone is 4. The molecule has 0 rings (SSSR count). The maximum atomic E-state index is 12.5. The fourth-order valence-corrected chi connectivity index (χ4v) is 8.95. The summed E-state index contributed by atoms with van der Waals surface area (Å²) in [7, 11) is 0. The fraction of sp³-hybridized carbons (Fsp3) is 0.912. The number of carbonyl (C=O) groups excluding carboxylic acids is 1. The molecular weight excluding hydrogens is 763 g/mol. The van der Waals surface area contributed by atoms with E-state index in [1.54, 1.807) is 0 Å². The van der Waals surface area contributed by atoms with Gasteiger partial charge in [0.2, 0.25) is 5.91 Å². The normalized spacial score (nSPS) is 13.4. The molecule has 0 radical (unpaired) electrons. The highest BCUT2D eigenvalue weighted by Crippen LogP contribution is 2.18. The van der Waals surface area contributed by atoms with Gasteiger partial charge in [-0.15, -0.1) is 0 Å². The molecule has 0 saturated carbocycles. The molecule has 0 spiro atoms. The number of unbranched alkanes of at least 4 members (excludes halogenated alkanes) is 40. The van der Waals surface area contributed by atoms with Crippen LogP contribution >= 0.6 is 0 Å². The van der Waals surface area contributed by atoms with Crippen molar-refractivity contribution in [2.45, 2.75) is 327 Å². The number of aliphatic hydroxyl groups excluding tert-OH is 3. The van der Waals surface area contributed by atoms with Gasteiger partial charge in [-0.2, -0.15) is 0 Å². The van der Waals surface area contributed by atoms with E-state index in [4.69, 9.17) is 0 Å². The minimum atomic E-state index is -1.16. The summed E-state index contributed by atoms with van der Waals surface area (Å²) in [6.07, 6.45) is 66.3. The minimum Gasteiger partial charge on any atom is -0.394 e. The summed E-state index contributed by atoms with van der Waals surface area (Å²) in [5.41, 5.74) is 0. The second-order valence-corrected chi connectivity index (χ2v) is 19.5. The predicted octanol–water partition coefficient (Wildman–Crippen LogP) is 17.3. The zero-order chi connectivity index (χ0) is 45.1. The molecule has 0 aromatic heterocycles. The number of hydrogen-bond acceptors (Lipinski definition) is 4. The summed E-state index contributed by atoms with van der Waals surface area (Å²) in [6.45, 7) is 4.19. The van der Waals surface area contributed by atoms with Crippen molar-refractivity contribution in [3.8, 4) is 0 Å². The van der Waals surface area contributed by atoms with Crippen molar-refractivity contribution < 1.29 is 20.1 Å². The summed E-state index contributed by atoms with van der Waals surface area (Å²) in [4.78, 5) is 12.5. The van der Waals surface area contributed by atoms with E-state index in [0.29, 0.717) is 12.8 Å². The highest BCUT2D eigenvalue weighted by Gasteiger charge is 2.26. The first-order chi connectivity index (χ1) is 30.6. The van der Waals surface area contributed by atoms with Crippen LogP contribution in [0.5, 0.6) is 0 Å². The van der Waals surface area contributed by atoms with Crippen LogP contribution in [0.1, 0.15) is 309 Å². The van der Waals surface area contributed by atoms with Crippen molar-refractivity contribution in [2.24, 2.45) is 0 Å². The van der Waals surface area contributed by atoms with Gasteiger partial charge in [0.15, 0.2) is 0 Å². The van der Waals surface area contributed by atoms with Crippen LogP contribution in [0.4, 0.5) is 0 Å².